The van der Waals surface area contributed by atoms with E-state index in [9.17, 15) is 9.18 Å². The first-order valence-electron chi connectivity index (χ1n) is 10.5. The Balaban J connectivity index is 1.26. The number of hydrogen-bond donors (Lipinski definition) is 1. The molecule has 0 bridgehead atoms. The number of ether oxygens (including phenoxy) is 1. The minimum absolute atomic E-state index is 0.0151. The number of rotatable bonds is 7. The van der Waals surface area contributed by atoms with E-state index in [0.717, 1.165) is 36.5 Å². The van der Waals surface area contributed by atoms with Gasteiger partial charge in [0.05, 0.1) is 18.2 Å². The summed E-state index contributed by atoms with van der Waals surface area (Å²) in [6, 6.07) is 19.7. The van der Waals surface area contributed by atoms with Gasteiger partial charge in [0.25, 0.3) is 0 Å². The Bertz CT molecular complexity index is 981. The van der Waals surface area contributed by atoms with Crippen LogP contribution in [-0.2, 0) is 4.79 Å². The van der Waals surface area contributed by atoms with Gasteiger partial charge in [-0.15, -0.1) is 10.2 Å². The van der Waals surface area contributed by atoms with Crippen LogP contribution in [0, 0.1) is 11.7 Å². The molecule has 1 atom stereocenters. The lowest BCUT2D eigenvalue weighted by Gasteiger charge is -2.32. The number of nitrogens with one attached hydrogen (secondary N) is 1. The zero-order chi connectivity index (χ0) is 21.5. The molecule has 1 unspecified atom stereocenters. The monoisotopic (exact) mass is 420 g/mol. The lowest BCUT2D eigenvalue weighted by molar-refractivity contribution is -0.125. The molecule has 1 aliphatic heterocycles. The number of carbonyl (C=O) groups excluding carboxylic acids is 1. The van der Waals surface area contributed by atoms with Crippen molar-refractivity contribution in [1.29, 1.82) is 0 Å². The third-order valence-electron chi connectivity index (χ3n) is 5.32. The van der Waals surface area contributed by atoms with Crippen LogP contribution in [0.15, 0.2) is 66.7 Å². The maximum atomic E-state index is 12.9. The third kappa shape index (κ3) is 5.57. The van der Waals surface area contributed by atoms with E-state index >= 15 is 0 Å². The molecule has 4 rings (SSSR count). The van der Waals surface area contributed by atoms with E-state index in [-0.39, 0.29) is 17.6 Å². The molecule has 0 spiro atoms. The number of amides is 1. The molecule has 31 heavy (non-hydrogen) atoms. The number of carbonyl (C=O) groups is 1. The SMILES string of the molecule is O=C(NCCOc1ccc(F)cc1)C1CCCN(c2ccc(-c3ccccc3)nn2)C1. The first kappa shape index (κ1) is 20.8. The fourth-order valence-electron chi connectivity index (χ4n) is 3.67. The molecule has 6 nitrogen and oxygen atoms in total. The van der Waals surface area contributed by atoms with Crippen LogP contribution < -0.4 is 15.0 Å². The zero-order valence-corrected chi connectivity index (χ0v) is 17.2. The average molecular weight is 420 g/mol. The van der Waals surface area contributed by atoms with Gasteiger partial charge in [0, 0.05) is 18.7 Å². The molecule has 1 amide bonds. The minimum atomic E-state index is -0.304. The Morgan fingerprint density at radius 1 is 1.06 bits per heavy atom. The van der Waals surface area contributed by atoms with E-state index in [1.807, 2.05) is 42.5 Å². The maximum absolute atomic E-state index is 12.9. The van der Waals surface area contributed by atoms with Crippen molar-refractivity contribution in [3.05, 3.63) is 72.5 Å². The quantitative estimate of drug-likeness (QED) is 0.591. The van der Waals surface area contributed by atoms with Crippen LogP contribution >= 0.6 is 0 Å². The van der Waals surface area contributed by atoms with Crippen LogP contribution in [-0.4, -0.2) is 42.3 Å². The van der Waals surface area contributed by atoms with Gasteiger partial charge in [0.1, 0.15) is 18.2 Å². The van der Waals surface area contributed by atoms with Crippen molar-refractivity contribution in [1.82, 2.24) is 15.5 Å². The van der Waals surface area contributed by atoms with Crippen LogP contribution in [0.5, 0.6) is 5.75 Å². The highest BCUT2D eigenvalue weighted by Gasteiger charge is 2.26. The van der Waals surface area contributed by atoms with E-state index in [1.165, 1.54) is 12.1 Å². The van der Waals surface area contributed by atoms with Crippen LogP contribution in [0.3, 0.4) is 0 Å². The fraction of sp³-hybridized carbons (Fsp3) is 0.292. The highest BCUT2D eigenvalue weighted by Crippen LogP contribution is 2.23. The van der Waals surface area contributed by atoms with Crippen molar-refractivity contribution in [3.63, 3.8) is 0 Å². The van der Waals surface area contributed by atoms with Crippen LogP contribution in [0.1, 0.15) is 12.8 Å². The zero-order valence-electron chi connectivity index (χ0n) is 17.2. The molecule has 1 N–H and O–H groups in total. The second-order valence-electron chi connectivity index (χ2n) is 7.52. The number of hydrogen-bond acceptors (Lipinski definition) is 5. The maximum Gasteiger partial charge on any atom is 0.225 e. The van der Waals surface area contributed by atoms with Gasteiger partial charge in [0.15, 0.2) is 5.82 Å². The van der Waals surface area contributed by atoms with Crippen molar-refractivity contribution in [2.45, 2.75) is 12.8 Å². The first-order chi connectivity index (χ1) is 15.2. The molecule has 0 radical (unpaired) electrons. The van der Waals surface area contributed by atoms with Crippen molar-refractivity contribution < 1.29 is 13.9 Å². The summed E-state index contributed by atoms with van der Waals surface area (Å²) in [5, 5.41) is 11.7. The Labute approximate surface area is 181 Å². The molecule has 2 heterocycles. The molecule has 1 saturated heterocycles. The molecule has 0 aliphatic carbocycles. The van der Waals surface area contributed by atoms with Gasteiger partial charge in [0.2, 0.25) is 5.91 Å². The predicted octanol–water partition coefficient (Wildman–Crippen LogP) is 3.69. The summed E-state index contributed by atoms with van der Waals surface area (Å²) in [5.41, 5.74) is 1.86. The van der Waals surface area contributed by atoms with E-state index in [4.69, 9.17) is 4.74 Å². The van der Waals surface area contributed by atoms with Crippen molar-refractivity contribution in [2.75, 3.05) is 31.1 Å². The molecule has 1 fully saturated rings. The summed E-state index contributed by atoms with van der Waals surface area (Å²) in [4.78, 5) is 14.7. The van der Waals surface area contributed by atoms with E-state index in [2.05, 4.69) is 20.4 Å². The van der Waals surface area contributed by atoms with Gasteiger partial charge in [-0.3, -0.25) is 4.79 Å². The number of benzene rings is 2. The van der Waals surface area contributed by atoms with Gasteiger partial charge in [-0.25, -0.2) is 4.39 Å². The fourth-order valence-corrected chi connectivity index (χ4v) is 3.67. The highest BCUT2D eigenvalue weighted by atomic mass is 19.1. The normalized spacial score (nSPS) is 16.0. The first-order valence-corrected chi connectivity index (χ1v) is 10.5. The summed E-state index contributed by atoms with van der Waals surface area (Å²) in [7, 11) is 0. The Hall–Kier alpha value is -3.48. The van der Waals surface area contributed by atoms with Gasteiger partial charge in [-0.2, -0.15) is 0 Å². The summed E-state index contributed by atoms with van der Waals surface area (Å²) >= 11 is 0. The minimum Gasteiger partial charge on any atom is -0.492 e. The Morgan fingerprint density at radius 2 is 1.87 bits per heavy atom. The average Bonchev–Trinajstić information content (AvgIpc) is 2.83. The molecular weight excluding hydrogens is 395 g/mol. The molecule has 3 aromatic rings. The Morgan fingerprint density at radius 3 is 2.61 bits per heavy atom. The second-order valence-corrected chi connectivity index (χ2v) is 7.52. The van der Waals surface area contributed by atoms with Crippen LogP contribution in [0.2, 0.25) is 0 Å². The number of nitrogens with zero attached hydrogens (tertiary/aromatic N) is 3. The molecule has 1 aromatic heterocycles. The van der Waals surface area contributed by atoms with E-state index < -0.39 is 0 Å². The molecular formula is C24H25FN4O2. The van der Waals surface area contributed by atoms with E-state index in [0.29, 0.717) is 25.4 Å². The smallest absolute Gasteiger partial charge is 0.225 e. The van der Waals surface area contributed by atoms with Crippen molar-refractivity contribution >= 4 is 11.7 Å². The van der Waals surface area contributed by atoms with Gasteiger partial charge in [-0.1, -0.05) is 30.3 Å². The summed E-state index contributed by atoms with van der Waals surface area (Å²) < 4.78 is 18.4. The van der Waals surface area contributed by atoms with Gasteiger partial charge in [-0.05, 0) is 49.2 Å². The summed E-state index contributed by atoms with van der Waals surface area (Å²) in [5.74, 6) is 0.979. The van der Waals surface area contributed by atoms with E-state index in [1.54, 1.807) is 12.1 Å². The number of halogens is 1. The number of anilines is 1. The predicted molar refractivity (Wildman–Crippen MR) is 117 cm³/mol. The highest BCUT2D eigenvalue weighted by molar-refractivity contribution is 5.79. The molecule has 0 saturated carbocycles. The van der Waals surface area contributed by atoms with Crippen LogP contribution in [0.25, 0.3) is 11.3 Å². The summed E-state index contributed by atoms with van der Waals surface area (Å²) in [6.07, 6.45) is 1.77. The van der Waals surface area contributed by atoms with Gasteiger partial charge < -0.3 is 15.0 Å². The lowest BCUT2D eigenvalue weighted by Crippen LogP contribution is -2.44. The standard InChI is InChI=1S/C24H25FN4O2/c25-20-8-10-21(11-9-20)31-16-14-26-24(30)19-7-4-15-29(17-19)23-13-12-22(27-28-23)18-5-2-1-3-6-18/h1-3,5-6,8-13,19H,4,7,14-17H2,(H,26,30). The molecule has 160 valence electrons. The number of piperidine rings is 1. The molecule has 2 aromatic carbocycles. The number of aromatic nitrogens is 2. The second kappa shape index (κ2) is 10.0. The van der Waals surface area contributed by atoms with Gasteiger partial charge >= 0.3 is 0 Å². The molecule has 7 heteroatoms. The van der Waals surface area contributed by atoms with Crippen LogP contribution in [0.4, 0.5) is 10.2 Å². The van der Waals surface area contributed by atoms with Crippen molar-refractivity contribution in [3.8, 4) is 17.0 Å². The summed E-state index contributed by atoms with van der Waals surface area (Å²) in [6.45, 7) is 2.21. The third-order valence-corrected chi connectivity index (χ3v) is 5.32. The largest absolute Gasteiger partial charge is 0.492 e. The topological polar surface area (TPSA) is 67.3 Å². The molecule has 1 aliphatic rings. The van der Waals surface area contributed by atoms with Crippen molar-refractivity contribution in [2.24, 2.45) is 5.92 Å². The Kier molecular flexibility index (Phi) is 6.72. The lowest BCUT2D eigenvalue weighted by atomic mass is 9.97.